The summed E-state index contributed by atoms with van der Waals surface area (Å²) in [5, 5.41) is 0. The van der Waals surface area contributed by atoms with E-state index in [-0.39, 0.29) is 42.7 Å². The monoisotopic (exact) mass is 417 g/mol. The first kappa shape index (κ1) is 22.7. The second-order valence-corrected chi connectivity index (χ2v) is 7.30. The quantitative estimate of drug-likeness (QED) is 0.783. The average Bonchev–Trinajstić information content (AvgIpc) is 3.16. The summed E-state index contributed by atoms with van der Waals surface area (Å²) in [5.41, 5.74) is 7.67. The van der Waals surface area contributed by atoms with E-state index in [1.54, 1.807) is 38.4 Å². The van der Waals surface area contributed by atoms with Gasteiger partial charge in [0, 0.05) is 33.1 Å². The molecule has 6 nitrogen and oxygen atoms in total. The third-order valence-electron chi connectivity index (χ3n) is 5.23. The number of likely N-dealkylation sites (N-methyl/N-ethyl adjacent to an activating group) is 1. The second kappa shape index (κ2) is 10.3. The standard InChI is InChI=1S/C22H27N3O3.ClH/c1-24(2)21(26)15-28-20-11-7-6-10-18(20)22(27)25-13-17(12-23)19(14-25)16-8-4-3-5-9-16;/h3-11,17,19H,12-15,23H2,1-2H3;1H/t17-,19+;/m1./s1. The van der Waals surface area contributed by atoms with Gasteiger partial charge in [-0.05, 0) is 30.2 Å². The number of nitrogens with zero attached hydrogens (tertiary/aromatic N) is 2. The number of likely N-dealkylation sites (tertiary alicyclic amines) is 1. The molecule has 1 aliphatic heterocycles. The van der Waals surface area contributed by atoms with Crippen molar-refractivity contribution in [3.8, 4) is 5.75 Å². The average molecular weight is 418 g/mol. The van der Waals surface area contributed by atoms with Crippen molar-refractivity contribution in [1.29, 1.82) is 0 Å². The molecule has 156 valence electrons. The number of hydrogen-bond donors (Lipinski definition) is 1. The van der Waals surface area contributed by atoms with Crippen LogP contribution in [-0.4, -0.2) is 62.0 Å². The van der Waals surface area contributed by atoms with Gasteiger partial charge in [-0.25, -0.2) is 0 Å². The number of rotatable bonds is 6. The summed E-state index contributed by atoms with van der Waals surface area (Å²) in [6.45, 7) is 1.66. The summed E-state index contributed by atoms with van der Waals surface area (Å²) >= 11 is 0. The molecule has 0 radical (unpaired) electrons. The first-order valence-corrected chi connectivity index (χ1v) is 9.47. The van der Waals surface area contributed by atoms with Crippen LogP contribution >= 0.6 is 12.4 Å². The minimum Gasteiger partial charge on any atom is -0.483 e. The van der Waals surface area contributed by atoms with Crippen LogP contribution in [0.4, 0.5) is 0 Å². The van der Waals surface area contributed by atoms with E-state index < -0.39 is 0 Å². The van der Waals surface area contributed by atoms with Crippen LogP contribution in [-0.2, 0) is 4.79 Å². The summed E-state index contributed by atoms with van der Waals surface area (Å²) in [4.78, 5) is 28.3. The number of amides is 2. The Hall–Kier alpha value is -2.57. The van der Waals surface area contributed by atoms with Crippen molar-refractivity contribution in [2.75, 3.05) is 40.3 Å². The van der Waals surface area contributed by atoms with Gasteiger partial charge in [-0.2, -0.15) is 0 Å². The van der Waals surface area contributed by atoms with E-state index in [2.05, 4.69) is 12.1 Å². The van der Waals surface area contributed by atoms with E-state index >= 15 is 0 Å². The Morgan fingerprint density at radius 2 is 1.72 bits per heavy atom. The number of nitrogens with two attached hydrogens (primary N) is 1. The summed E-state index contributed by atoms with van der Waals surface area (Å²) in [5.74, 6) is 0.615. The van der Waals surface area contributed by atoms with Crippen molar-refractivity contribution in [3.63, 3.8) is 0 Å². The molecule has 29 heavy (non-hydrogen) atoms. The Kier molecular flexibility index (Phi) is 8.05. The van der Waals surface area contributed by atoms with Crippen LogP contribution in [0.25, 0.3) is 0 Å². The molecule has 0 saturated carbocycles. The minimum absolute atomic E-state index is 0. The van der Waals surface area contributed by atoms with Crippen molar-refractivity contribution in [1.82, 2.24) is 9.80 Å². The molecule has 1 saturated heterocycles. The maximum atomic E-state index is 13.2. The summed E-state index contributed by atoms with van der Waals surface area (Å²) < 4.78 is 5.64. The highest BCUT2D eigenvalue weighted by molar-refractivity contribution is 5.97. The van der Waals surface area contributed by atoms with Crippen molar-refractivity contribution in [2.24, 2.45) is 11.7 Å². The van der Waals surface area contributed by atoms with Gasteiger partial charge in [0.25, 0.3) is 11.8 Å². The Labute approximate surface area is 178 Å². The molecule has 2 N–H and O–H groups in total. The lowest BCUT2D eigenvalue weighted by Crippen LogP contribution is -2.31. The van der Waals surface area contributed by atoms with Gasteiger partial charge in [-0.15, -0.1) is 12.4 Å². The topological polar surface area (TPSA) is 75.9 Å². The van der Waals surface area contributed by atoms with Crippen molar-refractivity contribution in [2.45, 2.75) is 5.92 Å². The molecule has 0 bridgehead atoms. The molecule has 2 atom stereocenters. The molecule has 0 aromatic heterocycles. The lowest BCUT2D eigenvalue weighted by Gasteiger charge is -2.19. The Morgan fingerprint density at radius 1 is 1.07 bits per heavy atom. The van der Waals surface area contributed by atoms with Crippen LogP contribution in [0.5, 0.6) is 5.75 Å². The van der Waals surface area contributed by atoms with E-state index in [0.29, 0.717) is 30.9 Å². The Balaban J connectivity index is 0.00000300. The predicted octanol–water partition coefficient (Wildman–Crippen LogP) is 2.39. The molecule has 1 fully saturated rings. The third kappa shape index (κ3) is 5.28. The van der Waals surface area contributed by atoms with Crippen LogP contribution in [0.2, 0.25) is 0 Å². The summed E-state index contributed by atoms with van der Waals surface area (Å²) in [6, 6.07) is 17.3. The van der Waals surface area contributed by atoms with Crippen LogP contribution in [0, 0.1) is 5.92 Å². The zero-order chi connectivity index (χ0) is 20.1. The maximum absolute atomic E-state index is 13.2. The van der Waals surface area contributed by atoms with E-state index in [1.165, 1.54) is 10.5 Å². The largest absolute Gasteiger partial charge is 0.483 e. The molecule has 1 aliphatic rings. The maximum Gasteiger partial charge on any atom is 0.259 e. The highest BCUT2D eigenvalue weighted by atomic mass is 35.5. The van der Waals surface area contributed by atoms with Crippen molar-refractivity contribution < 1.29 is 14.3 Å². The number of hydrogen-bond acceptors (Lipinski definition) is 4. The summed E-state index contributed by atoms with van der Waals surface area (Å²) in [6.07, 6.45) is 0. The zero-order valence-corrected chi connectivity index (χ0v) is 17.6. The molecular weight excluding hydrogens is 390 g/mol. The van der Waals surface area contributed by atoms with Crippen LogP contribution in [0.15, 0.2) is 54.6 Å². The highest BCUT2D eigenvalue weighted by Crippen LogP contribution is 2.33. The SMILES string of the molecule is CN(C)C(=O)COc1ccccc1C(=O)N1C[C@@H](CN)[C@H](c2ccccc2)C1.Cl. The number of para-hydroxylation sites is 1. The fourth-order valence-corrected chi connectivity index (χ4v) is 3.56. The van der Waals surface area contributed by atoms with Crippen LogP contribution < -0.4 is 10.5 Å². The van der Waals surface area contributed by atoms with Gasteiger partial charge in [0.05, 0.1) is 5.56 Å². The number of carbonyl (C=O) groups is 2. The van der Waals surface area contributed by atoms with E-state index in [0.717, 1.165) is 0 Å². The predicted molar refractivity (Wildman–Crippen MR) is 116 cm³/mol. The molecule has 0 aliphatic carbocycles. The zero-order valence-electron chi connectivity index (χ0n) is 16.8. The lowest BCUT2D eigenvalue weighted by atomic mass is 9.89. The first-order chi connectivity index (χ1) is 13.5. The fraction of sp³-hybridized carbons (Fsp3) is 0.364. The lowest BCUT2D eigenvalue weighted by molar-refractivity contribution is -0.130. The van der Waals surface area contributed by atoms with Gasteiger partial charge in [0.1, 0.15) is 5.75 Å². The fourth-order valence-electron chi connectivity index (χ4n) is 3.56. The Morgan fingerprint density at radius 3 is 2.38 bits per heavy atom. The second-order valence-electron chi connectivity index (χ2n) is 7.30. The first-order valence-electron chi connectivity index (χ1n) is 9.47. The van der Waals surface area contributed by atoms with Gasteiger partial charge in [-0.1, -0.05) is 42.5 Å². The number of ether oxygens (including phenoxy) is 1. The number of carbonyl (C=O) groups excluding carboxylic acids is 2. The molecule has 2 amide bonds. The molecule has 0 spiro atoms. The van der Waals surface area contributed by atoms with Gasteiger partial charge in [0.2, 0.25) is 0 Å². The minimum atomic E-state index is -0.157. The third-order valence-corrected chi connectivity index (χ3v) is 5.23. The molecule has 2 aromatic rings. The van der Waals surface area contributed by atoms with Gasteiger partial charge >= 0.3 is 0 Å². The molecule has 1 heterocycles. The van der Waals surface area contributed by atoms with Gasteiger partial charge in [0.15, 0.2) is 6.61 Å². The smallest absolute Gasteiger partial charge is 0.259 e. The van der Waals surface area contributed by atoms with Gasteiger partial charge in [-0.3, -0.25) is 9.59 Å². The van der Waals surface area contributed by atoms with Gasteiger partial charge < -0.3 is 20.3 Å². The van der Waals surface area contributed by atoms with Crippen molar-refractivity contribution >= 4 is 24.2 Å². The number of benzene rings is 2. The molecular formula is C22H28ClN3O3. The Bertz CT molecular complexity index is 829. The van der Waals surface area contributed by atoms with Crippen LogP contribution in [0.3, 0.4) is 0 Å². The summed E-state index contributed by atoms with van der Waals surface area (Å²) in [7, 11) is 3.34. The molecule has 7 heteroatoms. The molecule has 2 aromatic carbocycles. The van der Waals surface area contributed by atoms with Crippen LogP contribution in [0.1, 0.15) is 21.8 Å². The normalized spacial score (nSPS) is 18.1. The molecule has 0 unspecified atom stereocenters. The number of halogens is 1. The van der Waals surface area contributed by atoms with E-state index in [1.807, 2.05) is 23.1 Å². The molecule has 3 rings (SSSR count). The van der Waals surface area contributed by atoms with E-state index in [4.69, 9.17) is 10.5 Å². The highest BCUT2D eigenvalue weighted by Gasteiger charge is 2.36. The van der Waals surface area contributed by atoms with Crippen molar-refractivity contribution in [3.05, 3.63) is 65.7 Å². The van der Waals surface area contributed by atoms with E-state index in [9.17, 15) is 9.59 Å².